The Hall–Kier alpha value is -0.736. The van der Waals surface area contributed by atoms with Crippen molar-refractivity contribution >= 4 is 11.6 Å². The molecule has 0 bridgehead atoms. The number of nitrogens with one attached hydrogen (secondary N) is 1. The Balaban J connectivity index is 0.00000162. The van der Waals surface area contributed by atoms with E-state index in [1.54, 1.807) is 0 Å². The van der Waals surface area contributed by atoms with E-state index in [0.717, 1.165) is 38.2 Å². The number of halogens is 2. The van der Waals surface area contributed by atoms with Crippen molar-refractivity contribution in [3.63, 3.8) is 0 Å². The molecule has 0 unspecified atom stereocenters. The molecule has 1 amide bonds. The van der Waals surface area contributed by atoms with Crippen LogP contribution in [0.1, 0.15) is 32.1 Å². The molecule has 0 aliphatic heterocycles. The monoisotopic (exact) mass is 286 g/mol. The standard InChI is InChI=1S/C13H14F2NO.Ti/c14-10-6-7-12(11(15)8-10)16-13(17)9-4-2-1-3-5-9;/h6-7,9H,1-5H2,(H,16,17);/q-1;. The van der Waals surface area contributed by atoms with E-state index in [0.29, 0.717) is 0 Å². The second-order valence-electron chi connectivity index (χ2n) is 4.36. The molecule has 0 aromatic heterocycles. The van der Waals surface area contributed by atoms with Crippen LogP contribution in [0, 0.1) is 23.6 Å². The van der Waals surface area contributed by atoms with Gasteiger partial charge < -0.3 is 5.32 Å². The Morgan fingerprint density at radius 3 is 2.50 bits per heavy atom. The van der Waals surface area contributed by atoms with Crippen molar-refractivity contribution in [2.24, 2.45) is 5.92 Å². The van der Waals surface area contributed by atoms with Crippen molar-refractivity contribution in [1.29, 1.82) is 0 Å². The first-order valence-corrected chi connectivity index (χ1v) is 5.85. The molecule has 1 saturated carbocycles. The maximum absolute atomic E-state index is 13.3. The van der Waals surface area contributed by atoms with Gasteiger partial charge in [-0.1, -0.05) is 19.3 Å². The van der Waals surface area contributed by atoms with E-state index in [1.807, 2.05) is 6.07 Å². The number of benzene rings is 1. The van der Waals surface area contributed by atoms with Crippen LogP contribution in [0.5, 0.6) is 0 Å². The van der Waals surface area contributed by atoms with E-state index >= 15 is 0 Å². The van der Waals surface area contributed by atoms with Crippen LogP contribution in [0.25, 0.3) is 0 Å². The summed E-state index contributed by atoms with van der Waals surface area (Å²) < 4.78 is 25.9. The minimum atomic E-state index is -0.853. The van der Waals surface area contributed by atoms with Crippen LogP contribution in [-0.4, -0.2) is 5.91 Å². The average Bonchev–Trinajstić information content (AvgIpc) is 2.34. The molecule has 0 atom stereocenters. The predicted molar refractivity (Wildman–Crippen MR) is 60.4 cm³/mol. The van der Waals surface area contributed by atoms with Crippen LogP contribution in [-0.2, 0) is 26.5 Å². The number of carbonyl (C=O) groups excluding carboxylic acids is 1. The summed E-state index contributed by atoms with van der Waals surface area (Å²) in [4.78, 5) is 11.8. The minimum Gasteiger partial charge on any atom is -0.376 e. The van der Waals surface area contributed by atoms with Gasteiger partial charge in [0.15, 0.2) is 0 Å². The largest absolute Gasteiger partial charge is 0.376 e. The third kappa shape index (κ3) is 3.89. The molecule has 96 valence electrons. The third-order valence-electron chi connectivity index (χ3n) is 3.10. The van der Waals surface area contributed by atoms with E-state index in [1.165, 1.54) is 6.07 Å². The van der Waals surface area contributed by atoms with Crippen molar-refractivity contribution < 1.29 is 35.3 Å². The molecule has 0 spiro atoms. The van der Waals surface area contributed by atoms with E-state index in [-0.39, 0.29) is 39.2 Å². The van der Waals surface area contributed by atoms with Crippen LogP contribution in [0.4, 0.5) is 14.5 Å². The van der Waals surface area contributed by atoms with E-state index < -0.39 is 11.6 Å². The Kier molecular flexibility index (Phi) is 5.96. The molecule has 0 saturated heterocycles. The summed E-state index contributed by atoms with van der Waals surface area (Å²) >= 11 is 0. The quantitative estimate of drug-likeness (QED) is 0.656. The Bertz CT molecular complexity index is 419. The molecule has 1 aliphatic rings. The van der Waals surface area contributed by atoms with Crippen LogP contribution in [0.15, 0.2) is 12.1 Å². The molecule has 1 aromatic carbocycles. The summed E-state index contributed by atoms with van der Waals surface area (Å²) in [7, 11) is 0. The number of hydrogen-bond donors (Lipinski definition) is 1. The zero-order valence-corrected chi connectivity index (χ0v) is 11.5. The van der Waals surface area contributed by atoms with Crippen molar-refractivity contribution in [2.45, 2.75) is 32.1 Å². The zero-order chi connectivity index (χ0) is 12.3. The number of anilines is 1. The van der Waals surface area contributed by atoms with Gasteiger partial charge in [-0.25, -0.2) is 8.78 Å². The molecule has 18 heavy (non-hydrogen) atoms. The van der Waals surface area contributed by atoms with E-state index in [9.17, 15) is 13.6 Å². The molecular formula is C13H14F2NOTi-. The van der Waals surface area contributed by atoms with Crippen molar-refractivity contribution in [2.75, 3.05) is 5.32 Å². The predicted octanol–water partition coefficient (Wildman–Crippen LogP) is 3.28. The van der Waals surface area contributed by atoms with Gasteiger partial charge in [0.05, 0.1) is 0 Å². The molecule has 5 heteroatoms. The van der Waals surface area contributed by atoms with Gasteiger partial charge in [0.1, 0.15) is 0 Å². The first-order chi connectivity index (χ1) is 8.16. The van der Waals surface area contributed by atoms with Crippen LogP contribution in [0.3, 0.4) is 0 Å². The summed E-state index contributed by atoms with van der Waals surface area (Å²) in [6, 6.07) is 4.21. The fraction of sp³-hybridized carbons (Fsp3) is 0.462. The summed E-state index contributed by atoms with van der Waals surface area (Å²) in [6.07, 6.45) is 4.92. The van der Waals surface area contributed by atoms with Gasteiger partial charge in [-0.05, 0) is 18.5 Å². The number of amides is 1. The fourth-order valence-corrected chi connectivity index (χ4v) is 2.14. The molecule has 0 radical (unpaired) electrons. The maximum Gasteiger partial charge on any atom is 0.216 e. The van der Waals surface area contributed by atoms with Gasteiger partial charge in [-0.3, -0.25) is 4.79 Å². The van der Waals surface area contributed by atoms with Crippen molar-refractivity contribution in [3.05, 3.63) is 29.8 Å². The first-order valence-electron chi connectivity index (χ1n) is 5.85. The second kappa shape index (κ2) is 7.00. The fourth-order valence-electron chi connectivity index (χ4n) is 2.14. The number of rotatable bonds is 2. The Morgan fingerprint density at radius 2 is 1.89 bits per heavy atom. The smallest absolute Gasteiger partial charge is 0.216 e. The molecular weight excluding hydrogens is 272 g/mol. The summed E-state index contributed by atoms with van der Waals surface area (Å²) in [5.74, 6) is -1.84. The normalized spacial score (nSPS) is 15.9. The summed E-state index contributed by atoms with van der Waals surface area (Å²) in [5.41, 5.74) is 0.00183. The Labute approximate surface area is 120 Å². The van der Waals surface area contributed by atoms with Gasteiger partial charge in [0.2, 0.25) is 5.91 Å². The van der Waals surface area contributed by atoms with Crippen LogP contribution < -0.4 is 5.32 Å². The molecule has 0 heterocycles. The average molecular weight is 286 g/mol. The Morgan fingerprint density at radius 1 is 1.22 bits per heavy atom. The van der Waals surface area contributed by atoms with Crippen molar-refractivity contribution in [3.8, 4) is 0 Å². The SMILES string of the molecule is O=C(Nc1ccc(F)[c-]c1F)C1CCCCC1.[Ti]. The first kappa shape index (κ1) is 15.3. The topological polar surface area (TPSA) is 29.1 Å². The molecule has 1 aromatic rings. The second-order valence-corrected chi connectivity index (χ2v) is 4.36. The van der Waals surface area contributed by atoms with Gasteiger partial charge >= 0.3 is 0 Å². The summed E-state index contributed by atoms with van der Waals surface area (Å²) in [6.45, 7) is 0. The van der Waals surface area contributed by atoms with Gasteiger partial charge in [-0.15, -0.1) is 18.2 Å². The molecule has 2 rings (SSSR count). The minimum absolute atomic E-state index is 0. The zero-order valence-electron chi connectivity index (χ0n) is 9.93. The van der Waals surface area contributed by atoms with Crippen molar-refractivity contribution in [1.82, 2.24) is 0 Å². The van der Waals surface area contributed by atoms with Crippen LogP contribution >= 0.6 is 0 Å². The molecule has 1 N–H and O–H groups in total. The molecule has 1 aliphatic carbocycles. The van der Waals surface area contributed by atoms with E-state index in [4.69, 9.17) is 0 Å². The number of carbonyl (C=O) groups is 1. The maximum atomic E-state index is 13.3. The van der Waals surface area contributed by atoms with Gasteiger partial charge in [-0.2, -0.15) is 0 Å². The number of hydrogen-bond acceptors (Lipinski definition) is 1. The molecule has 2 nitrogen and oxygen atoms in total. The van der Waals surface area contributed by atoms with E-state index in [2.05, 4.69) is 5.32 Å². The van der Waals surface area contributed by atoms with Gasteiger partial charge in [0.25, 0.3) is 0 Å². The van der Waals surface area contributed by atoms with Crippen LogP contribution in [0.2, 0.25) is 0 Å². The van der Waals surface area contributed by atoms with Gasteiger partial charge in [0, 0.05) is 39.3 Å². The third-order valence-corrected chi connectivity index (χ3v) is 3.10. The molecule has 1 fully saturated rings. The summed E-state index contributed by atoms with van der Waals surface area (Å²) in [5, 5.41) is 2.50.